The van der Waals surface area contributed by atoms with E-state index in [0.717, 1.165) is 0 Å². The third-order valence-electron chi connectivity index (χ3n) is 2.10. The van der Waals surface area contributed by atoms with Crippen LogP contribution in [0, 0.1) is 5.92 Å². The Morgan fingerprint density at radius 3 is 2.28 bits per heavy atom. The molecule has 7 nitrogen and oxygen atoms in total. The number of carboxylic acids is 1. The Morgan fingerprint density at radius 2 is 1.83 bits per heavy atom. The first-order valence-electron chi connectivity index (χ1n) is 5.87. The average molecular weight is 259 g/mol. The van der Waals surface area contributed by atoms with Crippen molar-refractivity contribution < 1.29 is 19.5 Å². The summed E-state index contributed by atoms with van der Waals surface area (Å²) in [6, 6.07) is -0.555. The number of carbonyl (C=O) groups excluding carboxylic acids is 2. The standard InChI is InChI=1S/C11H21N3O4/c1-4-14(7-10(16)17)6-9(15)13-11(18)12-5-8(2)3/h8H,4-7H2,1-3H3,(H,16,17)(H2,12,13,15,18). The maximum Gasteiger partial charge on any atom is 0.321 e. The van der Waals surface area contributed by atoms with Crippen LogP contribution in [0.3, 0.4) is 0 Å². The van der Waals surface area contributed by atoms with Crippen LogP contribution >= 0.6 is 0 Å². The van der Waals surface area contributed by atoms with E-state index in [-0.39, 0.29) is 13.1 Å². The summed E-state index contributed by atoms with van der Waals surface area (Å²) in [6.07, 6.45) is 0. The van der Waals surface area contributed by atoms with Gasteiger partial charge in [0, 0.05) is 6.54 Å². The van der Waals surface area contributed by atoms with Gasteiger partial charge in [-0.1, -0.05) is 20.8 Å². The molecular weight excluding hydrogens is 238 g/mol. The van der Waals surface area contributed by atoms with Crippen LogP contribution in [0.2, 0.25) is 0 Å². The molecule has 0 saturated carbocycles. The molecule has 0 radical (unpaired) electrons. The van der Waals surface area contributed by atoms with Gasteiger partial charge in [0.05, 0.1) is 13.1 Å². The predicted octanol–water partition coefficient (Wildman–Crippen LogP) is -0.125. The fourth-order valence-electron chi connectivity index (χ4n) is 1.18. The molecular formula is C11H21N3O4. The molecule has 3 N–H and O–H groups in total. The number of amides is 3. The number of imide groups is 1. The van der Waals surface area contributed by atoms with Gasteiger partial charge in [-0.2, -0.15) is 0 Å². The van der Waals surface area contributed by atoms with Crippen LogP contribution in [0.5, 0.6) is 0 Å². The number of carbonyl (C=O) groups is 3. The van der Waals surface area contributed by atoms with Gasteiger partial charge in [0.2, 0.25) is 5.91 Å². The molecule has 0 atom stereocenters. The minimum atomic E-state index is -1.01. The minimum absolute atomic E-state index is 0.113. The van der Waals surface area contributed by atoms with Gasteiger partial charge in [0.15, 0.2) is 0 Å². The fraction of sp³-hybridized carbons (Fsp3) is 0.727. The van der Waals surface area contributed by atoms with E-state index in [0.29, 0.717) is 19.0 Å². The number of rotatable bonds is 7. The smallest absolute Gasteiger partial charge is 0.321 e. The Labute approximate surface area is 107 Å². The van der Waals surface area contributed by atoms with Crippen molar-refractivity contribution in [2.75, 3.05) is 26.2 Å². The van der Waals surface area contributed by atoms with E-state index in [1.165, 1.54) is 4.90 Å². The first kappa shape index (κ1) is 16.4. The van der Waals surface area contributed by atoms with Gasteiger partial charge in [0.1, 0.15) is 0 Å². The summed E-state index contributed by atoms with van der Waals surface area (Å²) in [6.45, 7) is 6.19. The largest absolute Gasteiger partial charge is 0.480 e. The highest BCUT2D eigenvalue weighted by Gasteiger charge is 2.14. The maximum atomic E-state index is 11.4. The summed E-state index contributed by atoms with van der Waals surface area (Å²) in [4.78, 5) is 34.6. The molecule has 7 heteroatoms. The van der Waals surface area contributed by atoms with Crippen LogP contribution in [0.4, 0.5) is 4.79 Å². The number of urea groups is 1. The van der Waals surface area contributed by atoms with Gasteiger partial charge in [0.25, 0.3) is 0 Å². The summed E-state index contributed by atoms with van der Waals surface area (Å²) in [7, 11) is 0. The van der Waals surface area contributed by atoms with E-state index < -0.39 is 17.9 Å². The maximum absolute atomic E-state index is 11.4. The molecule has 0 spiro atoms. The van der Waals surface area contributed by atoms with Crippen molar-refractivity contribution in [3.63, 3.8) is 0 Å². The van der Waals surface area contributed by atoms with Gasteiger partial charge in [-0.15, -0.1) is 0 Å². The third kappa shape index (κ3) is 8.51. The molecule has 0 aliphatic carbocycles. The fourth-order valence-corrected chi connectivity index (χ4v) is 1.18. The number of hydrogen-bond donors (Lipinski definition) is 3. The normalized spacial score (nSPS) is 10.5. The zero-order valence-electron chi connectivity index (χ0n) is 11.0. The highest BCUT2D eigenvalue weighted by Crippen LogP contribution is 1.88. The highest BCUT2D eigenvalue weighted by atomic mass is 16.4. The zero-order valence-corrected chi connectivity index (χ0v) is 11.0. The molecule has 0 heterocycles. The SMILES string of the molecule is CCN(CC(=O)O)CC(=O)NC(=O)NCC(C)C. The molecule has 0 rings (SSSR count). The van der Waals surface area contributed by atoms with Crippen LogP contribution in [0.15, 0.2) is 0 Å². The van der Waals surface area contributed by atoms with Crippen LogP contribution in [-0.2, 0) is 9.59 Å². The second-order valence-electron chi connectivity index (χ2n) is 4.35. The first-order valence-corrected chi connectivity index (χ1v) is 5.87. The van der Waals surface area contributed by atoms with E-state index in [2.05, 4.69) is 10.6 Å². The molecule has 0 aliphatic rings. The van der Waals surface area contributed by atoms with Gasteiger partial charge in [-0.05, 0) is 12.5 Å². The Morgan fingerprint density at radius 1 is 1.22 bits per heavy atom. The van der Waals surface area contributed by atoms with E-state index in [1.54, 1.807) is 6.92 Å². The molecule has 0 bridgehead atoms. The number of nitrogens with one attached hydrogen (secondary N) is 2. The van der Waals surface area contributed by atoms with Crippen LogP contribution in [0.1, 0.15) is 20.8 Å². The second kappa shape index (κ2) is 8.46. The lowest BCUT2D eigenvalue weighted by Gasteiger charge is -2.17. The quantitative estimate of drug-likeness (QED) is 0.592. The first-order chi connectivity index (χ1) is 8.35. The number of hydrogen-bond acceptors (Lipinski definition) is 4. The van der Waals surface area contributed by atoms with Gasteiger partial charge in [-0.3, -0.25) is 19.8 Å². The number of likely N-dealkylation sites (N-methyl/N-ethyl adjacent to an activating group) is 1. The van der Waals surface area contributed by atoms with Gasteiger partial charge < -0.3 is 10.4 Å². The lowest BCUT2D eigenvalue weighted by Crippen LogP contribution is -2.46. The summed E-state index contributed by atoms with van der Waals surface area (Å²) in [5.41, 5.74) is 0. The van der Waals surface area contributed by atoms with Gasteiger partial charge in [-0.25, -0.2) is 4.79 Å². The van der Waals surface area contributed by atoms with Crippen molar-refractivity contribution in [3.8, 4) is 0 Å². The van der Waals surface area contributed by atoms with Gasteiger partial charge >= 0.3 is 12.0 Å². The molecule has 0 unspecified atom stereocenters. The molecule has 0 aliphatic heterocycles. The Hall–Kier alpha value is -1.63. The van der Waals surface area contributed by atoms with Crippen molar-refractivity contribution in [2.45, 2.75) is 20.8 Å². The van der Waals surface area contributed by atoms with Crippen molar-refractivity contribution in [1.29, 1.82) is 0 Å². The summed E-state index contributed by atoms with van der Waals surface area (Å²) in [5, 5.41) is 13.3. The van der Waals surface area contributed by atoms with Crippen molar-refractivity contribution in [3.05, 3.63) is 0 Å². The Kier molecular flexibility index (Phi) is 7.69. The van der Waals surface area contributed by atoms with E-state index in [4.69, 9.17) is 5.11 Å². The molecule has 0 aromatic heterocycles. The van der Waals surface area contributed by atoms with E-state index >= 15 is 0 Å². The highest BCUT2D eigenvalue weighted by molar-refractivity contribution is 5.95. The molecule has 0 aromatic carbocycles. The second-order valence-corrected chi connectivity index (χ2v) is 4.35. The monoisotopic (exact) mass is 259 g/mol. The molecule has 3 amide bonds. The number of aliphatic carboxylic acids is 1. The van der Waals surface area contributed by atoms with E-state index in [1.807, 2.05) is 13.8 Å². The lowest BCUT2D eigenvalue weighted by atomic mass is 10.2. The van der Waals surface area contributed by atoms with Crippen molar-refractivity contribution in [2.24, 2.45) is 5.92 Å². The molecule has 18 heavy (non-hydrogen) atoms. The van der Waals surface area contributed by atoms with Crippen LogP contribution in [0.25, 0.3) is 0 Å². The lowest BCUT2D eigenvalue weighted by molar-refractivity contribution is -0.138. The average Bonchev–Trinajstić information content (AvgIpc) is 2.24. The van der Waals surface area contributed by atoms with Crippen molar-refractivity contribution >= 4 is 17.9 Å². The molecule has 0 saturated heterocycles. The topological polar surface area (TPSA) is 98.7 Å². The minimum Gasteiger partial charge on any atom is -0.480 e. The Balaban J connectivity index is 4.00. The molecule has 0 fully saturated rings. The van der Waals surface area contributed by atoms with Crippen LogP contribution in [-0.4, -0.2) is 54.1 Å². The summed E-state index contributed by atoms with van der Waals surface area (Å²) >= 11 is 0. The predicted molar refractivity (Wildman–Crippen MR) is 66.1 cm³/mol. The zero-order chi connectivity index (χ0) is 14.1. The van der Waals surface area contributed by atoms with E-state index in [9.17, 15) is 14.4 Å². The summed E-state index contributed by atoms with van der Waals surface area (Å²) < 4.78 is 0. The molecule has 104 valence electrons. The summed E-state index contributed by atoms with van der Waals surface area (Å²) in [5.74, 6) is -1.22. The number of nitrogens with zero attached hydrogens (tertiary/aromatic N) is 1. The Bertz CT molecular complexity index is 305. The molecule has 0 aromatic rings. The van der Waals surface area contributed by atoms with Crippen LogP contribution < -0.4 is 10.6 Å². The third-order valence-corrected chi connectivity index (χ3v) is 2.10. The van der Waals surface area contributed by atoms with Crippen molar-refractivity contribution in [1.82, 2.24) is 15.5 Å². The number of carboxylic acid groups (broad SMARTS) is 1.